The molecule has 0 saturated carbocycles. The summed E-state index contributed by atoms with van der Waals surface area (Å²) in [5, 5.41) is 5.48. The fourth-order valence-electron chi connectivity index (χ4n) is 4.20. The van der Waals surface area contributed by atoms with E-state index in [0.29, 0.717) is 0 Å². The Morgan fingerprint density at radius 1 is 0.806 bits per heavy atom. The predicted octanol–water partition coefficient (Wildman–Crippen LogP) is 3.97. The molecule has 0 aromatic heterocycles. The van der Waals surface area contributed by atoms with E-state index in [-0.39, 0.29) is 41.8 Å². The van der Waals surface area contributed by atoms with Gasteiger partial charge in [-0.3, -0.25) is 6.08 Å². The predicted molar refractivity (Wildman–Crippen MR) is 152 cm³/mol. The van der Waals surface area contributed by atoms with E-state index in [1.54, 1.807) is 0 Å². The van der Waals surface area contributed by atoms with E-state index in [4.69, 9.17) is 0 Å². The van der Waals surface area contributed by atoms with Crippen molar-refractivity contribution in [3.8, 4) is 0 Å². The largest absolute Gasteiger partial charge is 1.00 e. The summed E-state index contributed by atoms with van der Waals surface area (Å²) in [7, 11) is 0. The van der Waals surface area contributed by atoms with Crippen molar-refractivity contribution in [2.45, 2.75) is 98.6 Å². The number of hydrogen-bond acceptors (Lipinski definition) is 0. The SMILES string of the molecule is CC(C)(C)c1ccc2c(c1)[cH-]c1cc(C(C)(C)C)ccc12.CCC1=[C-]CC=C1CC.C[Si](C)=[Ti+2].[Cl-].[Cl-]. The summed E-state index contributed by atoms with van der Waals surface area (Å²) >= 11 is 2.27. The Balaban J connectivity index is 0.000000686. The van der Waals surface area contributed by atoms with Crippen LogP contribution in [0, 0.1) is 6.08 Å². The fraction of sp³-hybridized carbons (Fsp3) is 0.469. The van der Waals surface area contributed by atoms with Crippen molar-refractivity contribution >= 4 is 27.7 Å². The zero-order valence-corrected chi connectivity index (χ0v) is 28.1. The third-order valence-corrected chi connectivity index (χ3v) is 6.22. The Morgan fingerprint density at radius 3 is 1.53 bits per heavy atom. The molecule has 0 unspecified atom stereocenters. The minimum Gasteiger partial charge on any atom is -1.00 e. The Kier molecular flexibility index (Phi) is 14.7. The summed E-state index contributed by atoms with van der Waals surface area (Å²) in [6.45, 7) is 22.6. The molecule has 3 aromatic carbocycles. The van der Waals surface area contributed by atoms with Crippen molar-refractivity contribution in [2.75, 3.05) is 0 Å². The first-order valence-corrected chi connectivity index (χ1v) is 17.6. The zero-order chi connectivity index (χ0) is 25.7. The normalized spacial score (nSPS) is 12.9. The first-order valence-electron chi connectivity index (χ1n) is 12.7. The van der Waals surface area contributed by atoms with Crippen LogP contribution in [-0.2, 0) is 30.0 Å². The van der Waals surface area contributed by atoms with E-state index in [1.165, 1.54) is 50.2 Å². The second-order valence-electron chi connectivity index (χ2n) is 11.5. The maximum absolute atomic E-state index is 3.33. The Bertz CT molecular complexity index is 1110. The first-order chi connectivity index (χ1) is 15.8. The third-order valence-electron chi connectivity index (χ3n) is 6.22. The topological polar surface area (TPSA) is 0 Å². The molecule has 0 spiro atoms. The molecular weight excluding hydrogens is 531 g/mol. The molecule has 0 fully saturated rings. The van der Waals surface area contributed by atoms with Gasteiger partial charge in [-0.15, -0.1) is 46.2 Å². The Morgan fingerprint density at radius 2 is 1.22 bits per heavy atom. The molecule has 0 aliphatic heterocycles. The number of allylic oxidation sites excluding steroid dienone is 4. The monoisotopic (exact) mass is 574 g/mol. The van der Waals surface area contributed by atoms with Gasteiger partial charge in [0.1, 0.15) is 0 Å². The van der Waals surface area contributed by atoms with Crippen LogP contribution in [0.4, 0.5) is 0 Å². The molecule has 0 amide bonds. The van der Waals surface area contributed by atoms with Gasteiger partial charge in [-0.05, 0) is 10.8 Å². The number of halogens is 2. The van der Waals surface area contributed by atoms with Gasteiger partial charge in [0.05, 0.1) is 0 Å². The van der Waals surface area contributed by atoms with Crippen LogP contribution in [-0.4, -0.2) is 6.19 Å². The molecule has 4 heteroatoms. The van der Waals surface area contributed by atoms with Gasteiger partial charge < -0.3 is 24.8 Å². The van der Waals surface area contributed by atoms with Crippen molar-refractivity contribution in [1.29, 1.82) is 0 Å². The Labute approximate surface area is 245 Å². The molecule has 0 radical (unpaired) electrons. The van der Waals surface area contributed by atoms with Crippen molar-refractivity contribution in [1.82, 2.24) is 0 Å². The van der Waals surface area contributed by atoms with Gasteiger partial charge in [-0.2, -0.15) is 11.6 Å². The third kappa shape index (κ3) is 9.88. The molecule has 0 heterocycles. The summed E-state index contributed by atoms with van der Waals surface area (Å²) in [6, 6.07) is 16.2. The van der Waals surface area contributed by atoms with Crippen LogP contribution < -0.4 is 24.8 Å². The molecule has 36 heavy (non-hydrogen) atoms. The summed E-state index contributed by atoms with van der Waals surface area (Å²) in [5.41, 5.74) is 6.17. The van der Waals surface area contributed by atoms with Gasteiger partial charge in [0.2, 0.25) is 0 Å². The van der Waals surface area contributed by atoms with Gasteiger partial charge in [0.25, 0.3) is 0 Å². The second-order valence-corrected chi connectivity index (χ2v) is 18.2. The molecular formula is C32H44Cl2SiTi-2. The van der Waals surface area contributed by atoms with Gasteiger partial charge in [-0.25, -0.2) is 5.57 Å². The van der Waals surface area contributed by atoms with Gasteiger partial charge >= 0.3 is 38.5 Å². The minimum absolute atomic E-state index is 0. The molecule has 196 valence electrons. The van der Waals surface area contributed by atoms with E-state index in [9.17, 15) is 0 Å². The molecule has 0 saturated heterocycles. The first kappa shape index (κ1) is 35.3. The van der Waals surface area contributed by atoms with Crippen LogP contribution in [0.3, 0.4) is 0 Å². The molecule has 1 aliphatic rings. The second kappa shape index (κ2) is 15.0. The smallest absolute Gasteiger partial charge is 1.00 e. The van der Waals surface area contributed by atoms with Crippen LogP contribution >= 0.6 is 0 Å². The van der Waals surface area contributed by atoms with Crippen molar-refractivity contribution < 1.29 is 44.0 Å². The molecule has 0 N–H and O–H groups in total. The van der Waals surface area contributed by atoms with E-state index in [0.717, 1.165) is 12.8 Å². The number of hydrogen-bond donors (Lipinski definition) is 0. The molecule has 3 aromatic rings. The maximum atomic E-state index is 3.33. The number of fused-ring (bicyclic) bond motifs is 3. The minimum atomic E-state index is 0. The number of rotatable bonds is 2. The Hall–Kier alpha value is -0.699. The fourth-order valence-corrected chi connectivity index (χ4v) is 4.20. The van der Waals surface area contributed by atoms with Gasteiger partial charge in [0, 0.05) is 0 Å². The molecule has 0 atom stereocenters. The quantitative estimate of drug-likeness (QED) is 0.321. The molecule has 0 nitrogen and oxygen atoms in total. The molecule has 1 aliphatic carbocycles. The van der Waals surface area contributed by atoms with Crippen LogP contribution in [0.1, 0.15) is 85.8 Å². The van der Waals surface area contributed by atoms with E-state index < -0.39 is 0 Å². The summed E-state index contributed by atoms with van der Waals surface area (Å²) in [6.07, 6.45) is 9.11. The summed E-state index contributed by atoms with van der Waals surface area (Å²) < 4.78 is 0. The van der Waals surface area contributed by atoms with E-state index >= 15 is 0 Å². The van der Waals surface area contributed by atoms with Crippen LogP contribution in [0.2, 0.25) is 13.1 Å². The van der Waals surface area contributed by atoms with Crippen molar-refractivity contribution in [2.24, 2.45) is 0 Å². The van der Waals surface area contributed by atoms with Crippen LogP contribution in [0.5, 0.6) is 0 Å². The van der Waals surface area contributed by atoms with Crippen molar-refractivity contribution in [3.63, 3.8) is 0 Å². The van der Waals surface area contributed by atoms with Gasteiger partial charge in [-0.1, -0.05) is 104 Å². The summed E-state index contributed by atoms with van der Waals surface area (Å²) in [5.74, 6) is 0. The summed E-state index contributed by atoms with van der Waals surface area (Å²) in [4.78, 5) is 0. The van der Waals surface area contributed by atoms with Crippen LogP contribution in [0.15, 0.2) is 59.7 Å². The zero-order valence-electron chi connectivity index (χ0n) is 24.0. The average Bonchev–Trinajstić information content (AvgIpc) is 3.35. The van der Waals surface area contributed by atoms with E-state index in [2.05, 4.69) is 142 Å². The van der Waals surface area contributed by atoms with E-state index in [1.807, 2.05) is 0 Å². The average molecular weight is 576 g/mol. The van der Waals surface area contributed by atoms with Gasteiger partial charge in [0.15, 0.2) is 0 Å². The molecule has 0 bridgehead atoms. The molecule has 4 rings (SSSR count). The number of benzene rings is 2. The maximum Gasteiger partial charge on any atom is -1.00 e. The van der Waals surface area contributed by atoms with Crippen LogP contribution in [0.25, 0.3) is 21.5 Å². The van der Waals surface area contributed by atoms with Crippen molar-refractivity contribution in [3.05, 3.63) is 76.9 Å². The standard InChI is InChI=1S/C21H25.C9H13.C2H6Si.2ClH.Ti/c1-20(2,3)16-7-9-18-14(12-16)11-15-13-17(21(4,5)6)8-10-19(15)18;1-3-8-6-5-7-9(8)4-2;1-3-2;;;/h7-13H,1-6H3;6H,3-5H2,1-2H3;1-2H3;2*1H;/q2*-1;;;;+2/p-2.